The molecule has 1 aliphatic rings. The van der Waals surface area contributed by atoms with Gasteiger partial charge in [-0.2, -0.15) is 11.3 Å². The van der Waals surface area contributed by atoms with E-state index in [9.17, 15) is 9.59 Å². The van der Waals surface area contributed by atoms with Crippen LogP contribution in [0.5, 0.6) is 0 Å². The van der Waals surface area contributed by atoms with Crippen molar-refractivity contribution in [2.75, 3.05) is 13.1 Å². The van der Waals surface area contributed by atoms with Crippen molar-refractivity contribution in [2.45, 2.75) is 31.7 Å². The standard InChI is InChI=1S/C19H22N2O2S/c22-18(9-8-15-10-12-24-14-15)20-17(16-5-2-1-3-6-16)13-21-11-4-7-19(21)23/h1-3,5-6,10,12,14,17H,4,7-9,11,13H2,(H,20,22). The van der Waals surface area contributed by atoms with E-state index in [1.165, 1.54) is 5.56 Å². The van der Waals surface area contributed by atoms with Gasteiger partial charge in [0.1, 0.15) is 0 Å². The number of hydrogen-bond acceptors (Lipinski definition) is 3. The van der Waals surface area contributed by atoms with E-state index in [1.54, 1.807) is 11.3 Å². The van der Waals surface area contributed by atoms with Crippen LogP contribution in [0.25, 0.3) is 0 Å². The van der Waals surface area contributed by atoms with Crippen LogP contribution in [-0.2, 0) is 16.0 Å². The van der Waals surface area contributed by atoms with Crippen LogP contribution in [0.3, 0.4) is 0 Å². The molecule has 1 atom stereocenters. The highest BCUT2D eigenvalue weighted by atomic mass is 32.1. The van der Waals surface area contributed by atoms with Gasteiger partial charge in [-0.15, -0.1) is 0 Å². The van der Waals surface area contributed by atoms with Gasteiger partial charge in [-0.1, -0.05) is 30.3 Å². The summed E-state index contributed by atoms with van der Waals surface area (Å²) in [7, 11) is 0. The molecule has 2 heterocycles. The lowest BCUT2D eigenvalue weighted by Gasteiger charge is -2.25. The molecule has 0 radical (unpaired) electrons. The molecule has 1 saturated heterocycles. The molecule has 0 aliphatic carbocycles. The maximum Gasteiger partial charge on any atom is 0.222 e. The van der Waals surface area contributed by atoms with Gasteiger partial charge in [-0.3, -0.25) is 9.59 Å². The summed E-state index contributed by atoms with van der Waals surface area (Å²) in [4.78, 5) is 26.1. The minimum Gasteiger partial charge on any atom is -0.347 e. The molecule has 24 heavy (non-hydrogen) atoms. The highest BCUT2D eigenvalue weighted by molar-refractivity contribution is 7.07. The van der Waals surface area contributed by atoms with Crippen molar-refractivity contribution in [2.24, 2.45) is 0 Å². The molecular weight excluding hydrogens is 320 g/mol. The van der Waals surface area contributed by atoms with Crippen LogP contribution in [0.15, 0.2) is 47.2 Å². The average Bonchev–Trinajstić information content (AvgIpc) is 3.25. The molecule has 4 nitrogen and oxygen atoms in total. The molecule has 0 spiro atoms. The van der Waals surface area contributed by atoms with Gasteiger partial charge in [0, 0.05) is 25.9 Å². The van der Waals surface area contributed by atoms with Crippen molar-refractivity contribution < 1.29 is 9.59 Å². The molecule has 1 unspecified atom stereocenters. The van der Waals surface area contributed by atoms with Gasteiger partial charge < -0.3 is 10.2 Å². The highest BCUT2D eigenvalue weighted by Crippen LogP contribution is 2.19. The monoisotopic (exact) mass is 342 g/mol. The first-order valence-corrected chi connectivity index (χ1v) is 9.30. The van der Waals surface area contributed by atoms with Gasteiger partial charge in [-0.05, 0) is 40.8 Å². The van der Waals surface area contributed by atoms with E-state index in [4.69, 9.17) is 0 Å². The molecular formula is C19H22N2O2S. The molecule has 1 N–H and O–H groups in total. The average molecular weight is 342 g/mol. The Bertz CT molecular complexity index is 670. The molecule has 3 rings (SSSR count). The van der Waals surface area contributed by atoms with Crippen LogP contribution >= 0.6 is 11.3 Å². The number of nitrogens with one attached hydrogen (secondary N) is 1. The number of aryl methyl sites for hydroxylation is 1. The van der Waals surface area contributed by atoms with Crippen LogP contribution in [-0.4, -0.2) is 29.8 Å². The van der Waals surface area contributed by atoms with Crippen LogP contribution in [0.1, 0.15) is 36.4 Å². The number of thiophene rings is 1. The van der Waals surface area contributed by atoms with Crippen molar-refractivity contribution >= 4 is 23.2 Å². The van der Waals surface area contributed by atoms with E-state index in [-0.39, 0.29) is 17.9 Å². The van der Waals surface area contributed by atoms with Crippen molar-refractivity contribution in [3.63, 3.8) is 0 Å². The Hall–Kier alpha value is -2.14. The second-order valence-electron chi connectivity index (χ2n) is 6.11. The molecule has 2 amide bonds. The summed E-state index contributed by atoms with van der Waals surface area (Å²) in [6.45, 7) is 1.33. The van der Waals surface area contributed by atoms with Crippen molar-refractivity contribution in [3.05, 3.63) is 58.3 Å². The summed E-state index contributed by atoms with van der Waals surface area (Å²) in [6.07, 6.45) is 2.74. The van der Waals surface area contributed by atoms with Crippen LogP contribution < -0.4 is 5.32 Å². The minimum atomic E-state index is -0.150. The third kappa shape index (κ3) is 4.45. The molecule has 0 saturated carbocycles. The SMILES string of the molecule is O=C(CCc1ccsc1)NC(CN1CCCC1=O)c1ccccc1. The Balaban J connectivity index is 1.63. The van der Waals surface area contributed by atoms with Gasteiger partial charge in [0.25, 0.3) is 0 Å². The van der Waals surface area contributed by atoms with E-state index >= 15 is 0 Å². The number of carbonyl (C=O) groups excluding carboxylic acids is 2. The first kappa shape index (κ1) is 16.7. The molecule has 1 fully saturated rings. The molecule has 126 valence electrons. The number of rotatable bonds is 7. The lowest BCUT2D eigenvalue weighted by atomic mass is 10.1. The van der Waals surface area contributed by atoms with E-state index < -0.39 is 0 Å². The van der Waals surface area contributed by atoms with E-state index in [2.05, 4.69) is 16.8 Å². The quantitative estimate of drug-likeness (QED) is 0.840. The van der Waals surface area contributed by atoms with E-state index in [1.807, 2.05) is 40.6 Å². The third-order valence-electron chi connectivity index (χ3n) is 4.33. The Labute approximate surface area is 146 Å². The predicted molar refractivity (Wildman–Crippen MR) is 95.8 cm³/mol. The van der Waals surface area contributed by atoms with Crippen LogP contribution in [0, 0.1) is 0 Å². The lowest BCUT2D eigenvalue weighted by molar-refractivity contribution is -0.129. The summed E-state index contributed by atoms with van der Waals surface area (Å²) < 4.78 is 0. The number of hydrogen-bond donors (Lipinski definition) is 1. The Morgan fingerprint density at radius 1 is 1.25 bits per heavy atom. The first-order chi connectivity index (χ1) is 11.7. The molecule has 1 aromatic carbocycles. The fourth-order valence-electron chi connectivity index (χ4n) is 3.00. The summed E-state index contributed by atoms with van der Waals surface area (Å²) >= 11 is 1.65. The zero-order chi connectivity index (χ0) is 16.8. The fourth-order valence-corrected chi connectivity index (χ4v) is 3.70. The van der Waals surface area contributed by atoms with Gasteiger partial charge in [-0.25, -0.2) is 0 Å². The largest absolute Gasteiger partial charge is 0.347 e. The van der Waals surface area contributed by atoms with Gasteiger partial charge in [0.05, 0.1) is 6.04 Å². The molecule has 5 heteroatoms. The fraction of sp³-hybridized carbons (Fsp3) is 0.368. The number of amides is 2. The van der Waals surface area contributed by atoms with E-state index in [0.29, 0.717) is 19.4 Å². The minimum absolute atomic E-state index is 0.0294. The van der Waals surface area contributed by atoms with Crippen molar-refractivity contribution in [1.29, 1.82) is 0 Å². The number of nitrogens with zero attached hydrogens (tertiary/aromatic N) is 1. The Morgan fingerprint density at radius 2 is 2.08 bits per heavy atom. The lowest BCUT2D eigenvalue weighted by Crippen LogP contribution is -2.38. The van der Waals surface area contributed by atoms with E-state index in [0.717, 1.165) is 24.9 Å². The maximum absolute atomic E-state index is 12.4. The van der Waals surface area contributed by atoms with Crippen molar-refractivity contribution in [1.82, 2.24) is 10.2 Å². The zero-order valence-corrected chi connectivity index (χ0v) is 14.4. The molecule has 1 aliphatic heterocycles. The number of benzene rings is 1. The highest BCUT2D eigenvalue weighted by Gasteiger charge is 2.25. The predicted octanol–water partition coefficient (Wildman–Crippen LogP) is 3.16. The number of likely N-dealkylation sites (tertiary alicyclic amines) is 1. The van der Waals surface area contributed by atoms with Gasteiger partial charge >= 0.3 is 0 Å². The maximum atomic E-state index is 12.4. The van der Waals surface area contributed by atoms with Crippen molar-refractivity contribution in [3.8, 4) is 0 Å². The second-order valence-corrected chi connectivity index (χ2v) is 6.89. The number of carbonyl (C=O) groups is 2. The second kappa shape index (κ2) is 8.11. The Kier molecular flexibility index (Phi) is 5.64. The molecule has 0 bridgehead atoms. The molecule has 1 aromatic heterocycles. The zero-order valence-electron chi connectivity index (χ0n) is 13.6. The van der Waals surface area contributed by atoms with Crippen LogP contribution in [0.2, 0.25) is 0 Å². The van der Waals surface area contributed by atoms with Gasteiger partial charge in [0.15, 0.2) is 0 Å². The van der Waals surface area contributed by atoms with Gasteiger partial charge in [0.2, 0.25) is 11.8 Å². The first-order valence-electron chi connectivity index (χ1n) is 8.35. The molecule has 2 aromatic rings. The summed E-state index contributed by atoms with van der Waals surface area (Å²) in [6, 6.07) is 11.8. The third-order valence-corrected chi connectivity index (χ3v) is 5.06. The van der Waals surface area contributed by atoms with Crippen LogP contribution in [0.4, 0.5) is 0 Å². The normalized spacial score (nSPS) is 15.5. The summed E-state index contributed by atoms with van der Waals surface area (Å²) in [5.41, 5.74) is 2.24. The smallest absolute Gasteiger partial charge is 0.222 e. The Morgan fingerprint density at radius 3 is 2.75 bits per heavy atom. The summed E-state index contributed by atoms with van der Waals surface area (Å²) in [5.74, 6) is 0.213. The topological polar surface area (TPSA) is 49.4 Å². The summed E-state index contributed by atoms with van der Waals surface area (Å²) in [5, 5.41) is 7.21.